The third-order valence-electron chi connectivity index (χ3n) is 13.4. The van der Waals surface area contributed by atoms with Gasteiger partial charge in [-0.1, -0.05) is 19.6 Å². The average molecular weight is 973 g/mol. The molecule has 13 atom stereocenters. The Morgan fingerprint density at radius 3 is 2.57 bits per heavy atom. The second-order valence-electron chi connectivity index (χ2n) is 16.6. The Bertz CT molecular complexity index is 1770. The lowest BCUT2D eigenvalue weighted by Crippen LogP contribution is -2.64. The quantitative estimate of drug-likeness (QED) is 0.0129. The van der Waals surface area contributed by atoms with E-state index in [0.29, 0.717) is 34.8 Å². The van der Waals surface area contributed by atoms with Crippen LogP contribution < -0.4 is 10.6 Å². The van der Waals surface area contributed by atoms with Crippen molar-refractivity contribution in [1.82, 2.24) is 10.6 Å². The fraction of sp³-hybridized carbons (Fsp3) is 0.730. The van der Waals surface area contributed by atoms with Crippen LogP contribution in [0, 0.1) is 45.0 Å². The first kappa shape index (κ1) is 45.8. The van der Waals surface area contributed by atoms with Gasteiger partial charge < -0.3 is 40.5 Å². The molecule has 1 spiro atoms. The van der Waals surface area contributed by atoms with E-state index in [-0.39, 0.29) is 61.9 Å². The van der Waals surface area contributed by atoms with E-state index < -0.39 is 76.0 Å². The number of hydrogen-bond donors (Lipinski definition) is 8. The standard InChI is InChI=1S/C37H53IN2O16S2/c1-18-12-20(13-25(38)29(18)42)4-7-28(41)40-11-10-39-17-26-31(52-54-55-56-57)32(53-58(47,48)49)30(43)35(51-26)50-22-14-23(34(45)46)24-8-9-37-15-21(19(2)33(37)44)5-6-27(37)36(24,3)16-22/h12-13,21-24,26-27,30-33,35,39,42-44,57H,2,4-11,14-17H2,1,3H3,(H,40,41)(H,45,46)(H,47,48,49)/t21?,22?,23?,24?,26-,27?,30?,31-,32+,33+,35+,36?,37?/m1/s1. The maximum absolute atomic E-state index is 12.9. The minimum atomic E-state index is -5.23. The number of carboxylic acid groups (broad SMARTS) is 1. The van der Waals surface area contributed by atoms with Crippen molar-refractivity contribution in [3.05, 3.63) is 39.0 Å². The van der Waals surface area contributed by atoms with Gasteiger partial charge in [0, 0.05) is 44.4 Å². The molecule has 1 aliphatic heterocycles. The zero-order valence-electron chi connectivity index (χ0n) is 32.2. The zero-order valence-corrected chi connectivity index (χ0v) is 36.0. The van der Waals surface area contributed by atoms with Crippen LogP contribution in [0.15, 0.2) is 24.3 Å². The van der Waals surface area contributed by atoms with Crippen molar-refractivity contribution in [3.63, 3.8) is 0 Å². The number of phenolic OH excluding ortho intramolecular Hbond substituents is 1. The lowest BCUT2D eigenvalue weighted by molar-refractivity contribution is -0.620. The van der Waals surface area contributed by atoms with Gasteiger partial charge in [-0.05, 0) is 137 Å². The number of benzene rings is 1. The van der Waals surface area contributed by atoms with Crippen LogP contribution in [0.2, 0.25) is 0 Å². The van der Waals surface area contributed by atoms with Crippen LogP contribution >= 0.6 is 35.5 Å². The van der Waals surface area contributed by atoms with E-state index >= 15 is 0 Å². The Balaban J connectivity index is 1.15. The number of phenols is 1. The van der Waals surface area contributed by atoms with Crippen LogP contribution in [0.3, 0.4) is 0 Å². The number of thiol groups is 1. The number of aliphatic hydroxyl groups excluding tert-OH is 2. The monoisotopic (exact) mass is 972 g/mol. The molecule has 5 fully saturated rings. The van der Waals surface area contributed by atoms with Gasteiger partial charge in [-0.25, -0.2) is 4.18 Å². The summed E-state index contributed by atoms with van der Waals surface area (Å²) < 4.78 is 56.1. The Morgan fingerprint density at radius 1 is 1.12 bits per heavy atom. The number of amides is 1. The first-order valence-corrected chi connectivity index (χ1v) is 22.2. The molecule has 0 radical (unpaired) electrons. The van der Waals surface area contributed by atoms with Crippen LogP contribution in [0.4, 0.5) is 0 Å². The van der Waals surface area contributed by atoms with Crippen molar-refractivity contribution in [2.24, 2.45) is 34.5 Å². The highest BCUT2D eigenvalue weighted by Gasteiger charge is 2.67. The fourth-order valence-electron chi connectivity index (χ4n) is 11.0. The summed E-state index contributed by atoms with van der Waals surface area (Å²) in [5.41, 5.74) is 1.45. The van der Waals surface area contributed by atoms with Crippen molar-refractivity contribution < 1.29 is 75.9 Å². The fourth-order valence-corrected chi connectivity index (χ4v) is 12.3. The second-order valence-corrected chi connectivity index (χ2v) is 19.0. The van der Waals surface area contributed by atoms with Gasteiger partial charge in [0.05, 0.1) is 21.7 Å². The third kappa shape index (κ3) is 9.67. The summed E-state index contributed by atoms with van der Waals surface area (Å²) in [6.45, 7) is 8.29. The molecule has 4 saturated carbocycles. The molecular weight excluding hydrogens is 919 g/mol. The van der Waals surface area contributed by atoms with E-state index in [1.165, 1.54) is 0 Å². The van der Waals surface area contributed by atoms with Gasteiger partial charge in [0.15, 0.2) is 12.4 Å². The summed E-state index contributed by atoms with van der Waals surface area (Å²) in [5.74, 6) is -1.81. The minimum absolute atomic E-state index is 0.0207. The smallest absolute Gasteiger partial charge is 0.397 e. The topological polar surface area (TPSA) is 258 Å². The summed E-state index contributed by atoms with van der Waals surface area (Å²) in [6.07, 6.45) is -4.96. The number of aliphatic hydroxyl groups is 2. The van der Waals surface area contributed by atoms with Crippen molar-refractivity contribution >= 4 is 57.8 Å². The van der Waals surface area contributed by atoms with Crippen LogP contribution in [0.25, 0.3) is 0 Å². The number of ether oxygens (including phenoxy) is 2. The lowest BCUT2D eigenvalue weighted by Gasteiger charge is -2.62. The highest BCUT2D eigenvalue weighted by Crippen LogP contribution is 2.70. The lowest BCUT2D eigenvalue weighted by atomic mass is 9.43. The van der Waals surface area contributed by atoms with Crippen LogP contribution in [-0.4, -0.2) is 108 Å². The van der Waals surface area contributed by atoms with Crippen molar-refractivity contribution in [3.8, 4) is 5.75 Å². The molecule has 6 rings (SSSR count). The number of carbonyl (C=O) groups excluding carboxylic acids is 1. The van der Waals surface area contributed by atoms with E-state index in [9.17, 15) is 43.0 Å². The highest BCUT2D eigenvalue weighted by atomic mass is 127. The van der Waals surface area contributed by atoms with Gasteiger partial charge in [-0.15, -0.1) is 4.33 Å². The first-order chi connectivity index (χ1) is 27.4. The highest BCUT2D eigenvalue weighted by molar-refractivity contribution is 14.1. The summed E-state index contributed by atoms with van der Waals surface area (Å²) in [5, 5.41) is 58.1. The summed E-state index contributed by atoms with van der Waals surface area (Å²) >= 11 is 5.41. The average Bonchev–Trinajstić information content (AvgIpc) is 3.33. The maximum atomic E-state index is 12.9. The normalized spacial score (nSPS) is 37.2. The molecule has 1 heterocycles. The number of fused-ring (bicyclic) bond motifs is 3. The number of halogens is 1. The maximum Gasteiger partial charge on any atom is 0.397 e. The second kappa shape index (κ2) is 18.7. The van der Waals surface area contributed by atoms with Gasteiger partial charge in [0.25, 0.3) is 0 Å². The molecule has 7 N–H and O–H groups in total. The van der Waals surface area contributed by atoms with Gasteiger partial charge in [-0.3, -0.25) is 14.1 Å². The third-order valence-corrected chi connectivity index (χ3v) is 14.8. The number of carboxylic acids is 1. The van der Waals surface area contributed by atoms with E-state index in [1.54, 1.807) is 6.92 Å². The largest absolute Gasteiger partial charge is 0.507 e. The molecule has 2 bridgehead atoms. The molecule has 0 aromatic heterocycles. The Labute approximate surface area is 356 Å². The molecular formula is C37H53IN2O16S2. The van der Waals surface area contributed by atoms with Gasteiger partial charge >= 0.3 is 16.4 Å². The number of hydrogen-bond acceptors (Lipinski definition) is 16. The van der Waals surface area contributed by atoms with E-state index in [4.69, 9.17) is 18.5 Å². The number of aromatic hydroxyl groups is 1. The van der Waals surface area contributed by atoms with Gasteiger partial charge in [0.2, 0.25) is 5.91 Å². The summed E-state index contributed by atoms with van der Waals surface area (Å²) in [7, 11) is -5.23. The van der Waals surface area contributed by atoms with Gasteiger partial charge in [-0.2, -0.15) is 13.3 Å². The van der Waals surface area contributed by atoms with Gasteiger partial charge in [0.1, 0.15) is 24.1 Å². The van der Waals surface area contributed by atoms with Crippen LogP contribution in [0.5, 0.6) is 5.75 Å². The number of aryl methyl sites for hydroxylation is 2. The van der Waals surface area contributed by atoms with E-state index in [2.05, 4.69) is 51.5 Å². The Kier molecular flexibility index (Phi) is 14.8. The Hall–Kier alpha value is -1.71. The number of nitrogens with one attached hydrogen (secondary N) is 2. The van der Waals surface area contributed by atoms with E-state index in [0.717, 1.165) is 30.4 Å². The molecule has 1 aromatic carbocycles. The van der Waals surface area contributed by atoms with Crippen molar-refractivity contribution in [2.75, 3.05) is 19.6 Å². The minimum Gasteiger partial charge on any atom is -0.507 e. The van der Waals surface area contributed by atoms with Crippen LogP contribution in [0.1, 0.15) is 69.4 Å². The van der Waals surface area contributed by atoms with E-state index in [1.807, 2.05) is 34.7 Å². The Morgan fingerprint density at radius 2 is 1.88 bits per heavy atom. The number of carbonyl (C=O) groups is 2. The molecule has 1 amide bonds. The molecule has 18 nitrogen and oxygen atoms in total. The summed E-state index contributed by atoms with van der Waals surface area (Å²) in [4.78, 5) is 30.6. The predicted molar refractivity (Wildman–Crippen MR) is 212 cm³/mol. The first-order valence-electron chi connectivity index (χ1n) is 19.4. The van der Waals surface area contributed by atoms with Crippen LogP contribution in [-0.2, 0) is 59.4 Å². The molecule has 326 valence electrons. The number of aliphatic carboxylic acids is 1. The molecule has 1 aromatic rings. The molecule has 1 saturated heterocycles. The predicted octanol–water partition coefficient (Wildman–Crippen LogP) is 2.87. The molecule has 5 aliphatic rings. The zero-order chi connectivity index (χ0) is 42.2. The van der Waals surface area contributed by atoms with Crippen molar-refractivity contribution in [2.45, 2.75) is 115 Å². The van der Waals surface area contributed by atoms with Crippen molar-refractivity contribution in [1.29, 1.82) is 0 Å². The summed E-state index contributed by atoms with van der Waals surface area (Å²) in [6, 6.07) is 3.64. The molecule has 21 heteroatoms. The molecule has 4 aliphatic carbocycles. The molecule has 58 heavy (non-hydrogen) atoms. The SMILES string of the molecule is C=C1C2CCC3C4(C)CC(O[C@H]5O[C@H](CNCCNC(=O)CCc6cc(C)c(O)c(I)c6)[C@@H](OOOOS)[C@@H](OS(=O)(=O)O)C5O)CC(C(=O)O)C4CCC3(C2)[C@H]1O. The molecule has 8 unspecified atom stereocenters. The number of rotatable bonds is 17.